The van der Waals surface area contributed by atoms with Gasteiger partial charge in [0.15, 0.2) is 0 Å². The van der Waals surface area contributed by atoms with E-state index in [4.69, 9.17) is 9.47 Å². The lowest BCUT2D eigenvalue weighted by Gasteiger charge is -2.27. The van der Waals surface area contributed by atoms with Crippen molar-refractivity contribution in [1.82, 2.24) is 0 Å². The lowest BCUT2D eigenvalue weighted by molar-refractivity contribution is -1.01. The molecule has 1 aromatic rings. The van der Waals surface area contributed by atoms with E-state index < -0.39 is 0 Å². The van der Waals surface area contributed by atoms with Crippen LogP contribution in [0.2, 0.25) is 0 Å². The maximum absolute atomic E-state index is 5.31. The zero-order chi connectivity index (χ0) is 13.0. The monoisotopic (exact) mass is 252 g/mol. The minimum Gasteiger partial charge on any atom is -0.497 e. The first-order chi connectivity index (χ1) is 8.71. The van der Waals surface area contributed by atoms with Gasteiger partial charge in [0.2, 0.25) is 0 Å². The molecule has 0 aromatic heterocycles. The molecule has 100 valence electrons. The van der Waals surface area contributed by atoms with Gasteiger partial charge in [-0.15, -0.1) is 0 Å². The highest BCUT2D eigenvalue weighted by atomic mass is 16.5. The molecule has 1 aliphatic heterocycles. The highest BCUT2D eigenvalue weighted by Crippen LogP contribution is 2.21. The smallest absolute Gasteiger partial charge is 0.127 e. The molecule has 1 fully saturated rings. The van der Waals surface area contributed by atoms with Gasteiger partial charge >= 0.3 is 0 Å². The average Bonchev–Trinajstić information content (AvgIpc) is 2.41. The van der Waals surface area contributed by atoms with E-state index >= 15 is 0 Å². The van der Waals surface area contributed by atoms with Gasteiger partial charge in [-0.05, 0) is 12.1 Å². The molecule has 2 rings (SSSR count). The molecule has 0 aliphatic carbocycles. The Kier molecular flexibility index (Phi) is 4.44. The van der Waals surface area contributed by atoms with Crippen LogP contribution in [0.5, 0.6) is 11.5 Å². The molecule has 4 nitrogen and oxygen atoms in total. The van der Waals surface area contributed by atoms with E-state index in [1.165, 1.54) is 31.7 Å². The molecule has 2 N–H and O–H groups in total. The molecule has 0 unspecified atom stereocenters. The minimum absolute atomic E-state index is 0.878. The third-order valence-electron chi connectivity index (χ3n) is 3.68. The largest absolute Gasteiger partial charge is 0.497 e. The van der Waals surface area contributed by atoms with Gasteiger partial charge in [0.05, 0.1) is 21.3 Å². The number of rotatable bonds is 4. The van der Waals surface area contributed by atoms with Crippen LogP contribution in [0.4, 0.5) is 0 Å². The second-order valence-corrected chi connectivity index (χ2v) is 5.10. The van der Waals surface area contributed by atoms with E-state index in [1.54, 1.807) is 24.0 Å². The van der Waals surface area contributed by atoms with Crippen molar-refractivity contribution in [1.29, 1.82) is 0 Å². The van der Waals surface area contributed by atoms with Gasteiger partial charge in [0.1, 0.15) is 44.2 Å². The first kappa shape index (κ1) is 13.2. The van der Waals surface area contributed by atoms with Crippen molar-refractivity contribution >= 4 is 0 Å². The van der Waals surface area contributed by atoms with Crippen molar-refractivity contribution in [3.05, 3.63) is 23.8 Å². The Labute approximate surface area is 109 Å². The van der Waals surface area contributed by atoms with Gasteiger partial charge in [-0.1, -0.05) is 0 Å². The Morgan fingerprint density at radius 2 is 1.50 bits per heavy atom. The van der Waals surface area contributed by atoms with Crippen molar-refractivity contribution in [2.24, 2.45) is 0 Å². The second-order valence-electron chi connectivity index (χ2n) is 5.10. The number of methoxy groups -OCH3 is 2. The number of benzene rings is 1. The SMILES string of the molecule is COc1cc(C[NH+]2CC[NH+](C)CC2)cc(OC)c1. The summed E-state index contributed by atoms with van der Waals surface area (Å²) < 4.78 is 10.6. The standard InChI is InChI=1S/C14H22N2O2/c1-15-4-6-16(7-5-15)11-12-8-13(17-2)10-14(9-12)18-3/h8-10H,4-7,11H2,1-3H3/p+2. The molecule has 0 radical (unpaired) electrons. The third-order valence-corrected chi connectivity index (χ3v) is 3.68. The normalized spacial score (nSPS) is 23.7. The molecule has 1 saturated heterocycles. The molecule has 4 heteroatoms. The predicted molar refractivity (Wildman–Crippen MR) is 70.6 cm³/mol. The van der Waals surface area contributed by atoms with Gasteiger partial charge in [0.25, 0.3) is 0 Å². The summed E-state index contributed by atoms with van der Waals surface area (Å²) in [5.74, 6) is 1.76. The van der Waals surface area contributed by atoms with Crippen LogP contribution >= 0.6 is 0 Å². The van der Waals surface area contributed by atoms with E-state index in [1.807, 2.05) is 6.07 Å². The van der Waals surface area contributed by atoms with Gasteiger partial charge < -0.3 is 19.3 Å². The van der Waals surface area contributed by atoms with Crippen LogP contribution in [0.25, 0.3) is 0 Å². The molecule has 0 saturated carbocycles. The van der Waals surface area contributed by atoms with Gasteiger partial charge in [0, 0.05) is 11.6 Å². The van der Waals surface area contributed by atoms with Crippen LogP contribution in [0.3, 0.4) is 0 Å². The molecule has 18 heavy (non-hydrogen) atoms. The summed E-state index contributed by atoms with van der Waals surface area (Å²) in [5.41, 5.74) is 1.29. The molecule has 1 aromatic carbocycles. The van der Waals surface area contributed by atoms with E-state index in [2.05, 4.69) is 19.2 Å². The minimum atomic E-state index is 0.878. The van der Waals surface area contributed by atoms with Gasteiger partial charge in [-0.25, -0.2) is 0 Å². The Morgan fingerprint density at radius 1 is 0.944 bits per heavy atom. The second kappa shape index (κ2) is 6.07. The van der Waals surface area contributed by atoms with Crippen LogP contribution in [-0.2, 0) is 6.54 Å². The summed E-state index contributed by atoms with van der Waals surface area (Å²) >= 11 is 0. The highest BCUT2D eigenvalue weighted by Gasteiger charge is 2.20. The summed E-state index contributed by atoms with van der Waals surface area (Å²) in [6.07, 6.45) is 0. The van der Waals surface area contributed by atoms with Crippen molar-refractivity contribution < 1.29 is 19.3 Å². The Balaban J connectivity index is 2.03. The van der Waals surface area contributed by atoms with E-state index in [0.29, 0.717) is 0 Å². The van der Waals surface area contributed by atoms with Crippen molar-refractivity contribution in [3.8, 4) is 11.5 Å². The van der Waals surface area contributed by atoms with E-state index in [-0.39, 0.29) is 0 Å². The molecule has 0 atom stereocenters. The molecular formula is C14H24N2O2+2. The quantitative estimate of drug-likeness (QED) is 0.691. The van der Waals surface area contributed by atoms with Crippen LogP contribution in [-0.4, -0.2) is 47.4 Å². The van der Waals surface area contributed by atoms with E-state index in [0.717, 1.165) is 18.0 Å². The fourth-order valence-electron chi connectivity index (χ4n) is 2.46. The summed E-state index contributed by atoms with van der Waals surface area (Å²) in [4.78, 5) is 3.29. The number of likely N-dealkylation sites (N-methyl/N-ethyl adjacent to an activating group) is 1. The molecule has 1 aliphatic rings. The van der Waals surface area contributed by atoms with E-state index in [9.17, 15) is 0 Å². The number of nitrogens with one attached hydrogen (secondary N) is 2. The fraction of sp³-hybridized carbons (Fsp3) is 0.571. The first-order valence-corrected chi connectivity index (χ1v) is 6.58. The zero-order valence-electron chi connectivity index (χ0n) is 11.6. The third kappa shape index (κ3) is 3.37. The van der Waals surface area contributed by atoms with Gasteiger partial charge in [-0.3, -0.25) is 0 Å². The molecule has 0 amide bonds. The summed E-state index contributed by atoms with van der Waals surface area (Å²) in [5, 5.41) is 0. The Bertz CT molecular complexity index is 365. The number of piperazine rings is 1. The number of hydrogen-bond acceptors (Lipinski definition) is 2. The number of hydrogen-bond donors (Lipinski definition) is 2. The van der Waals surface area contributed by atoms with Gasteiger partial charge in [-0.2, -0.15) is 0 Å². The van der Waals surface area contributed by atoms with Crippen LogP contribution in [0, 0.1) is 0 Å². The number of ether oxygens (including phenoxy) is 2. The lowest BCUT2D eigenvalue weighted by Crippen LogP contribution is -3.26. The molecular weight excluding hydrogens is 228 g/mol. The van der Waals surface area contributed by atoms with Crippen molar-refractivity contribution in [2.45, 2.75) is 6.54 Å². The fourth-order valence-corrected chi connectivity index (χ4v) is 2.46. The molecule has 0 bridgehead atoms. The first-order valence-electron chi connectivity index (χ1n) is 6.58. The van der Waals surface area contributed by atoms with Crippen molar-refractivity contribution in [2.75, 3.05) is 47.4 Å². The highest BCUT2D eigenvalue weighted by molar-refractivity contribution is 5.38. The average molecular weight is 252 g/mol. The van der Waals surface area contributed by atoms with Crippen molar-refractivity contribution in [3.63, 3.8) is 0 Å². The summed E-state index contributed by atoms with van der Waals surface area (Å²) in [6.45, 7) is 6.06. The maximum atomic E-state index is 5.31. The van der Waals surface area contributed by atoms with Crippen LogP contribution in [0.1, 0.15) is 5.56 Å². The predicted octanol–water partition coefficient (Wildman–Crippen LogP) is -1.38. The molecule has 0 spiro atoms. The Hall–Kier alpha value is -1.26. The molecule has 1 heterocycles. The summed E-state index contributed by atoms with van der Waals surface area (Å²) in [6, 6.07) is 6.15. The zero-order valence-corrected chi connectivity index (χ0v) is 11.6. The topological polar surface area (TPSA) is 27.3 Å². The summed E-state index contributed by atoms with van der Waals surface area (Å²) in [7, 11) is 5.67. The Morgan fingerprint density at radius 3 is 2.00 bits per heavy atom. The van der Waals surface area contributed by atoms with Crippen LogP contribution < -0.4 is 19.3 Å². The number of quaternary nitrogens is 2. The van der Waals surface area contributed by atoms with Crippen LogP contribution in [0.15, 0.2) is 18.2 Å². The lowest BCUT2D eigenvalue weighted by atomic mass is 10.1. The maximum Gasteiger partial charge on any atom is 0.127 e.